The Hall–Kier alpha value is -2.67. The molecule has 0 spiro atoms. The highest BCUT2D eigenvalue weighted by Gasteiger charge is 2.12. The number of anilines is 2. The van der Waals surface area contributed by atoms with Gasteiger partial charge in [0.05, 0.1) is 13.2 Å². The van der Waals surface area contributed by atoms with E-state index in [1.54, 1.807) is 12.4 Å². The van der Waals surface area contributed by atoms with Gasteiger partial charge in [-0.1, -0.05) is 6.07 Å². The molecule has 2 N–H and O–H groups in total. The smallest absolute Gasteiger partial charge is 0.320 e. The number of aryl methyl sites for hydroxylation is 1. The molecule has 2 aromatic rings. The lowest BCUT2D eigenvalue weighted by Crippen LogP contribution is -2.36. The molecule has 3 heterocycles. The molecule has 3 rings (SSSR count). The fourth-order valence-electron chi connectivity index (χ4n) is 2.49. The second-order valence-electron chi connectivity index (χ2n) is 5.60. The van der Waals surface area contributed by atoms with Gasteiger partial charge in [-0.15, -0.1) is 0 Å². The molecule has 2 aromatic heterocycles. The molecule has 1 fully saturated rings. The van der Waals surface area contributed by atoms with Crippen LogP contribution in [0.4, 0.5) is 16.4 Å². The molecule has 24 heavy (non-hydrogen) atoms. The number of carbonyl (C=O) groups is 1. The quantitative estimate of drug-likeness (QED) is 0.897. The minimum atomic E-state index is -0.276. The molecule has 0 saturated carbocycles. The zero-order valence-corrected chi connectivity index (χ0v) is 13.7. The fraction of sp³-hybridized carbons (Fsp3) is 0.353. The summed E-state index contributed by atoms with van der Waals surface area (Å²) >= 11 is 0. The molecule has 0 atom stereocenters. The van der Waals surface area contributed by atoms with Crippen LogP contribution in [0.15, 0.2) is 36.7 Å². The number of pyridine rings is 2. The van der Waals surface area contributed by atoms with Crippen molar-refractivity contribution in [2.24, 2.45) is 0 Å². The Morgan fingerprint density at radius 2 is 2.08 bits per heavy atom. The first-order chi connectivity index (χ1) is 11.7. The lowest BCUT2D eigenvalue weighted by molar-refractivity contribution is 0.122. The number of nitrogens with one attached hydrogen (secondary N) is 2. The van der Waals surface area contributed by atoms with Crippen LogP contribution in [-0.2, 0) is 11.3 Å². The van der Waals surface area contributed by atoms with Crippen molar-refractivity contribution in [2.75, 3.05) is 36.5 Å². The van der Waals surface area contributed by atoms with Crippen LogP contribution in [0.5, 0.6) is 0 Å². The Morgan fingerprint density at radius 3 is 2.88 bits per heavy atom. The number of hydrogen-bond donors (Lipinski definition) is 2. The highest BCUT2D eigenvalue weighted by Crippen LogP contribution is 2.14. The summed E-state index contributed by atoms with van der Waals surface area (Å²) in [7, 11) is 0. The van der Waals surface area contributed by atoms with E-state index < -0.39 is 0 Å². The number of hydrogen-bond acceptors (Lipinski definition) is 5. The number of urea groups is 1. The van der Waals surface area contributed by atoms with Crippen LogP contribution in [0, 0.1) is 6.92 Å². The third-order valence-electron chi connectivity index (χ3n) is 3.84. The maximum atomic E-state index is 12.0. The second kappa shape index (κ2) is 7.74. The van der Waals surface area contributed by atoms with Gasteiger partial charge in [0, 0.05) is 32.0 Å². The van der Waals surface area contributed by atoms with E-state index in [0.717, 1.165) is 43.2 Å². The van der Waals surface area contributed by atoms with Crippen molar-refractivity contribution in [2.45, 2.75) is 13.5 Å². The number of rotatable bonds is 4. The van der Waals surface area contributed by atoms with Crippen molar-refractivity contribution in [1.29, 1.82) is 0 Å². The van der Waals surface area contributed by atoms with Gasteiger partial charge in [0.25, 0.3) is 0 Å². The van der Waals surface area contributed by atoms with Crippen molar-refractivity contribution in [1.82, 2.24) is 15.3 Å². The lowest BCUT2D eigenvalue weighted by atomic mass is 10.2. The Labute approximate surface area is 141 Å². The summed E-state index contributed by atoms with van der Waals surface area (Å²) in [5.74, 6) is 1.48. The van der Waals surface area contributed by atoms with Crippen LogP contribution in [-0.4, -0.2) is 42.3 Å². The van der Waals surface area contributed by atoms with E-state index in [9.17, 15) is 4.79 Å². The van der Waals surface area contributed by atoms with E-state index in [1.807, 2.05) is 31.2 Å². The first-order valence-corrected chi connectivity index (χ1v) is 7.96. The van der Waals surface area contributed by atoms with Crippen LogP contribution in [0.2, 0.25) is 0 Å². The Morgan fingerprint density at radius 1 is 1.25 bits per heavy atom. The van der Waals surface area contributed by atoms with Gasteiger partial charge in [0.1, 0.15) is 11.6 Å². The molecule has 126 valence electrons. The van der Waals surface area contributed by atoms with Crippen LogP contribution < -0.4 is 15.5 Å². The van der Waals surface area contributed by atoms with Gasteiger partial charge in [-0.25, -0.2) is 14.8 Å². The van der Waals surface area contributed by atoms with Crippen LogP contribution in [0.3, 0.4) is 0 Å². The summed E-state index contributed by atoms with van der Waals surface area (Å²) in [6.07, 6.45) is 3.42. The molecule has 0 radical (unpaired) electrons. The zero-order valence-electron chi connectivity index (χ0n) is 13.7. The SMILES string of the molecule is Cc1cccnc1NC(=O)NCc1ccnc(N2CCOCC2)c1. The van der Waals surface area contributed by atoms with E-state index in [1.165, 1.54) is 0 Å². The van der Waals surface area contributed by atoms with E-state index in [-0.39, 0.29) is 6.03 Å². The van der Waals surface area contributed by atoms with Crippen LogP contribution in [0.25, 0.3) is 0 Å². The van der Waals surface area contributed by atoms with Crippen LogP contribution >= 0.6 is 0 Å². The Bertz CT molecular complexity index is 701. The monoisotopic (exact) mass is 327 g/mol. The van der Waals surface area contributed by atoms with E-state index in [2.05, 4.69) is 25.5 Å². The van der Waals surface area contributed by atoms with E-state index >= 15 is 0 Å². The summed E-state index contributed by atoms with van der Waals surface area (Å²) in [4.78, 5) is 22.8. The molecule has 0 bridgehead atoms. The number of morpholine rings is 1. The number of aromatic nitrogens is 2. The van der Waals surface area contributed by atoms with Gasteiger partial charge in [-0.3, -0.25) is 5.32 Å². The van der Waals surface area contributed by atoms with Crippen molar-refractivity contribution in [3.8, 4) is 0 Å². The van der Waals surface area contributed by atoms with Gasteiger partial charge >= 0.3 is 6.03 Å². The Balaban J connectivity index is 1.56. The highest BCUT2D eigenvalue weighted by molar-refractivity contribution is 5.88. The molecule has 7 nitrogen and oxygen atoms in total. The van der Waals surface area contributed by atoms with Crippen LogP contribution in [0.1, 0.15) is 11.1 Å². The molecule has 1 aliphatic heterocycles. The summed E-state index contributed by atoms with van der Waals surface area (Å²) in [6.45, 7) is 5.44. The largest absolute Gasteiger partial charge is 0.378 e. The zero-order chi connectivity index (χ0) is 16.8. The summed E-state index contributed by atoms with van der Waals surface area (Å²) < 4.78 is 5.36. The van der Waals surface area contributed by atoms with Gasteiger partial charge in [0.15, 0.2) is 0 Å². The van der Waals surface area contributed by atoms with E-state index in [0.29, 0.717) is 12.4 Å². The van der Waals surface area contributed by atoms with Crippen molar-refractivity contribution in [3.63, 3.8) is 0 Å². The third-order valence-corrected chi connectivity index (χ3v) is 3.84. The fourth-order valence-corrected chi connectivity index (χ4v) is 2.49. The molecule has 7 heteroatoms. The maximum Gasteiger partial charge on any atom is 0.320 e. The molecule has 0 aromatic carbocycles. The molecule has 2 amide bonds. The summed E-state index contributed by atoms with van der Waals surface area (Å²) in [5.41, 5.74) is 1.92. The minimum Gasteiger partial charge on any atom is -0.378 e. The molecular weight excluding hydrogens is 306 g/mol. The first-order valence-electron chi connectivity index (χ1n) is 7.96. The number of carbonyl (C=O) groups excluding carboxylic acids is 1. The average molecular weight is 327 g/mol. The predicted molar refractivity (Wildman–Crippen MR) is 92.1 cm³/mol. The summed E-state index contributed by atoms with van der Waals surface area (Å²) in [6, 6.07) is 7.36. The van der Waals surface area contributed by atoms with Crippen molar-refractivity contribution in [3.05, 3.63) is 47.8 Å². The van der Waals surface area contributed by atoms with Crippen molar-refractivity contribution >= 4 is 17.7 Å². The Kier molecular flexibility index (Phi) is 5.22. The van der Waals surface area contributed by atoms with E-state index in [4.69, 9.17) is 4.74 Å². The minimum absolute atomic E-state index is 0.276. The molecular formula is C17H21N5O2. The maximum absolute atomic E-state index is 12.0. The normalized spacial score (nSPS) is 14.3. The molecule has 0 aliphatic carbocycles. The van der Waals surface area contributed by atoms with Crippen molar-refractivity contribution < 1.29 is 9.53 Å². The molecule has 1 saturated heterocycles. The lowest BCUT2D eigenvalue weighted by Gasteiger charge is -2.28. The topological polar surface area (TPSA) is 79.4 Å². The standard InChI is InChI=1S/C17H21N5O2/c1-13-3-2-5-19-16(13)21-17(23)20-12-14-4-6-18-15(11-14)22-7-9-24-10-8-22/h2-6,11H,7-10,12H2,1H3,(H2,19,20,21,23). The number of amides is 2. The first kappa shape index (κ1) is 16.2. The van der Waals surface area contributed by atoms with Gasteiger partial charge in [-0.2, -0.15) is 0 Å². The van der Waals surface area contributed by atoms with Gasteiger partial charge in [-0.05, 0) is 36.2 Å². The predicted octanol–water partition coefficient (Wildman–Crippen LogP) is 1.94. The number of nitrogens with zero attached hydrogens (tertiary/aromatic N) is 3. The summed E-state index contributed by atoms with van der Waals surface area (Å²) in [5, 5.41) is 5.60. The molecule has 0 unspecified atom stereocenters. The number of ether oxygens (including phenoxy) is 1. The average Bonchev–Trinajstić information content (AvgIpc) is 2.63. The van der Waals surface area contributed by atoms with Gasteiger partial charge < -0.3 is 15.0 Å². The van der Waals surface area contributed by atoms with Gasteiger partial charge in [0.2, 0.25) is 0 Å². The third kappa shape index (κ3) is 4.20. The molecule has 1 aliphatic rings. The highest BCUT2D eigenvalue weighted by atomic mass is 16.5. The second-order valence-corrected chi connectivity index (χ2v) is 5.60.